The Hall–Kier alpha value is -3.20. The van der Waals surface area contributed by atoms with Gasteiger partial charge in [0.2, 0.25) is 5.91 Å². The van der Waals surface area contributed by atoms with Crippen LogP contribution in [0.5, 0.6) is 0 Å². The Morgan fingerprint density at radius 3 is 2.71 bits per heavy atom. The molecule has 0 unspecified atom stereocenters. The monoisotopic (exact) mass is 413 g/mol. The van der Waals surface area contributed by atoms with Crippen LogP contribution in [-0.2, 0) is 4.79 Å². The molecule has 31 heavy (non-hydrogen) atoms. The van der Waals surface area contributed by atoms with Crippen molar-refractivity contribution in [1.29, 1.82) is 5.26 Å². The molecule has 3 heterocycles. The van der Waals surface area contributed by atoms with Crippen LogP contribution in [0, 0.1) is 17.2 Å². The summed E-state index contributed by atoms with van der Waals surface area (Å²) in [5.74, 6) is 1.95. The molecular weight excluding hydrogens is 386 g/mol. The molecule has 3 fully saturated rings. The van der Waals surface area contributed by atoms with Crippen molar-refractivity contribution < 1.29 is 4.79 Å². The van der Waals surface area contributed by atoms with Crippen molar-refractivity contribution in [2.24, 2.45) is 5.92 Å². The maximum atomic E-state index is 12.1. The van der Waals surface area contributed by atoms with Crippen molar-refractivity contribution >= 4 is 17.8 Å². The number of pyridine rings is 2. The Morgan fingerprint density at radius 2 is 2.06 bits per heavy atom. The summed E-state index contributed by atoms with van der Waals surface area (Å²) >= 11 is 0. The number of rotatable bonds is 5. The van der Waals surface area contributed by atoms with Gasteiger partial charge in [0.15, 0.2) is 0 Å². The molecule has 2 aromatic rings. The first-order chi connectivity index (χ1) is 15.1. The predicted molar refractivity (Wildman–Crippen MR) is 120 cm³/mol. The van der Waals surface area contributed by atoms with Gasteiger partial charge in [0.25, 0.3) is 0 Å². The van der Waals surface area contributed by atoms with Crippen molar-refractivity contribution in [3.63, 3.8) is 0 Å². The number of aromatic nitrogens is 2. The third-order valence-electron chi connectivity index (χ3n) is 6.71. The van der Waals surface area contributed by atoms with E-state index in [9.17, 15) is 10.1 Å². The van der Waals surface area contributed by atoms with Crippen molar-refractivity contribution in [1.82, 2.24) is 14.9 Å². The highest BCUT2D eigenvalue weighted by Crippen LogP contribution is 2.45. The van der Waals surface area contributed by atoms with Gasteiger partial charge in [-0.1, -0.05) is 6.58 Å². The lowest BCUT2D eigenvalue weighted by atomic mass is 9.98. The van der Waals surface area contributed by atoms with Gasteiger partial charge in [0.1, 0.15) is 11.9 Å². The third kappa shape index (κ3) is 3.81. The van der Waals surface area contributed by atoms with Crippen LogP contribution in [0.2, 0.25) is 0 Å². The summed E-state index contributed by atoms with van der Waals surface area (Å²) in [5.41, 5.74) is 4.54. The van der Waals surface area contributed by atoms with E-state index in [0.717, 1.165) is 47.7 Å². The third-order valence-corrected chi connectivity index (χ3v) is 6.71. The van der Waals surface area contributed by atoms with E-state index in [0.29, 0.717) is 30.5 Å². The lowest BCUT2D eigenvalue weighted by molar-refractivity contribution is -0.132. The average molecular weight is 414 g/mol. The molecule has 0 radical (unpaired) electrons. The number of carbonyl (C=O) groups excluding carboxylic acids is 1. The van der Waals surface area contributed by atoms with E-state index in [1.54, 1.807) is 19.2 Å². The van der Waals surface area contributed by atoms with Gasteiger partial charge < -0.3 is 9.80 Å². The highest BCUT2D eigenvalue weighted by Gasteiger charge is 2.41. The summed E-state index contributed by atoms with van der Waals surface area (Å²) < 4.78 is 0. The van der Waals surface area contributed by atoms with Gasteiger partial charge in [-0.05, 0) is 61.4 Å². The summed E-state index contributed by atoms with van der Waals surface area (Å²) in [5, 5.41) is 9.98. The fourth-order valence-electron chi connectivity index (χ4n) is 4.75. The van der Waals surface area contributed by atoms with Gasteiger partial charge in [0.05, 0.1) is 23.0 Å². The SMILES string of the molecule is C=Cc1cc(-c2cc(C#N)c(N3CCN(C(C)=O)[C@H](C4CC4)C3)nc2C2CC2)ccn1. The van der Waals surface area contributed by atoms with E-state index in [1.807, 2.05) is 23.1 Å². The second-order valence-electron chi connectivity index (χ2n) is 8.92. The first-order valence-corrected chi connectivity index (χ1v) is 11.1. The summed E-state index contributed by atoms with van der Waals surface area (Å²) in [6.45, 7) is 7.65. The van der Waals surface area contributed by atoms with E-state index >= 15 is 0 Å². The Morgan fingerprint density at radius 1 is 1.26 bits per heavy atom. The number of anilines is 1. The second-order valence-corrected chi connectivity index (χ2v) is 8.92. The van der Waals surface area contributed by atoms with Crippen LogP contribution in [0.25, 0.3) is 17.2 Å². The molecule has 0 bridgehead atoms. The molecule has 5 rings (SSSR count). The molecule has 0 N–H and O–H groups in total. The second kappa shape index (κ2) is 7.81. The molecule has 2 saturated carbocycles. The lowest BCUT2D eigenvalue weighted by Gasteiger charge is -2.42. The minimum absolute atomic E-state index is 0.148. The number of amides is 1. The normalized spacial score (nSPS) is 21.0. The maximum Gasteiger partial charge on any atom is 0.219 e. The van der Waals surface area contributed by atoms with Crippen molar-refractivity contribution in [2.75, 3.05) is 24.5 Å². The van der Waals surface area contributed by atoms with Crippen LogP contribution in [0.4, 0.5) is 5.82 Å². The fourth-order valence-corrected chi connectivity index (χ4v) is 4.75. The van der Waals surface area contributed by atoms with Crippen LogP contribution in [0.15, 0.2) is 31.0 Å². The zero-order chi connectivity index (χ0) is 21.5. The number of hydrogen-bond donors (Lipinski definition) is 0. The molecule has 2 aliphatic carbocycles. The molecule has 158 valence electrons. The number of carbonyl (C=O) groups is 1. The van der Waals surface area contributed by atoms with Gasteiger partial charge in [-0.3, -0.25) is 9.78 Å². The van der Waals surface area contributed by atoms with Crippen LogP contribution in [0.1, 0.15) is 55.5 Å². The molecular formula is C25H27N5O. The van der Waals surface area contributed by atoms with Crippen molar-refractivity contribution in [3.05, 3.63) is 47.9 Å². The molecule has 1 atom stereocenters. The molecule has 0 spiro atoms. The topological polar surface area (TPSA) is 73.1 Å². The Balaban J connectivity index is 1.54. The summed E-state index contributed by atoms with van der Waals surface area (Å²) in [7, 11) is 0. The predicted octanol–water partition coefficient (Wildman–Crippen LogP) is 3.98. The molecule has 3 aliphatic rings. The quantitative estimate of drug-likeness (QED) is 0.741. The van der Waals surface area contributed by atoms with Gasteiger partial charge in [0, 0.05) is 44.2 Å². The number of nitriles is 1. The van der Waals surface area contributed by atoms with E-state index in [2.05, 4.69) is 22.5 Å². The molecule has 6 nitrogen and oxygen atoms in total. The van der Waals surface area contributed by atoms with E-state index in [4.69, 9.17) is 4.98 Å². The Labute approximate surface area is 183 Å². The number of hydrogen-bond acceptors (Lipinski definition) is 5. The molecule has 0 aromatic carbocycles. The maximum absolute atomic E-state index is 12.1. The smallest absolute Gasteiger partial charge is 0.219 e. The molecule has 1 saturated heterocycles. The van der Waals surface area contributed by atoms with Gasteiger partial charge in [-0.25, -0.2) is 4.98 Å². The van der Waals surface area contributed by atoms with Crippen molar-refractivity contribution in [3.8, 4) is 17.2 Å². The largest absolute Gasteiger partial charge is 0.352 e. The van der Waals surface area contributed by atoms with Crippen LogP contribution in [-0.4, -0.2) is 46.5 Å². The summed E-state index contributed by atoms with van der Waals surface area (Å²) in [6.07, 6.45) is 8.15. The molecule has 2 aromatic heterocycles. The first-order valence-electron chi connectivity index (χ1n) is 11.1. The van der Waals surface area contributed by atoms with E-state index in [-0.39, 0.29) is 11.9 Å². The lowest BCUT2D eigenvalue weighted by Crippen LogP contribution is -2.56. The zero-order valence-electron chi connectivity index (χ0n) is 17.9. The summed E-state index contributed by atoms with van der Waals surface area (Å²) in [4.78, 5) is 25.8. The number of nitrogens with zero attached hydrogens (tertiary/aromatic N) is 5. The molecule has 1 amide bonds. The minimum Gasteiger partial charge on any atom is -0.352 e. The first kappa shape index (κ1) is 19.7. The Bertz CT molecular complexity index is 1080. The van der Waals surface area contributed by atoms with Crippen LogP contribution < -0.4 is 4.90 Å². The van der Waals surface area contributed by atoms with Crippen molar-refractivity contribution in [2.45, 2.75) is 44.6 Å². The minimum atomic E-state index is 0.148. The van der Waals surface area contributed by atoms with E-state index < -0.39 is 0 Å². The molecule has 6 heteroatoms. The van der Waals surface area contributed by atoms with Crippen LogP contribution in [0.3, 0.4) is 0 Å². The number of piperazine rings is 1. The highest BCUT2D eigenvalue weighted by molar-refractivity contribution is 5.75. The Kier molecular flexibility index (Phi) is 4.97. The van der Waals surface area contributed by atoms with Gasteiger partial charge >= 0.3 is 0 Å². The zero-order valence-corrected chi connectivity index (χ0v) is 17.9. The highest BCUT2D eigenvalue weighted by atomic mass is 16.2. The average Bonchev–Trinajstić information content (AvgIpc) is 3.71. The fraction of sp³-hybridized carbons (Fsp3) is 0.440. The molecule has 1 aliphatic heterocycles. The van der Waals surface area contributed by atoms with Gasteiger partial charge in [-0.15, -0.1) is 0 Å². The van der Waals surface area contributed by atoms with E-state index in [1.165, 1.54) is 12.8 Å². The standard InChI is InChI=1S/C25H27N5O/c1-3-21-12-19(8-9-27-21)22-13-20(14-26)25(28-24(22)18-6-7-18)29-10-11-30(16(2)31)23(15-29)17-4-5-17/h3,8-9,12-13,17-18,23H,1,4-7,10-11,15H2,2H3/t23-/m0/s1. The summed E-state index contributed by atoms with van der Waals surface area (Å²) in [6, 6.07) is 8.60. The van der Waals surface area contributed by atoms with Gasteiger partial charge in [-0.2, -0.15) is 5.26 Å². The van der Waals surface area contributed by atoms with Crippen LogP contribution >= 0.6 is 0 Å².